The van der Waals surface area contributed by atoms with E-state index in [-0.39, 0.29) is 24.0 Å². The summed E-state index contributed by atoms with van der Waals surface area (Å²) in [6.07, 6.45) is 1.77. The van der Waals surface area contributed by atoms with Crippen LogP contribution in [-0.4, -0.2) is 28.2 Å². The predicted octanol–water partition coefficient (Wildman–Crippen LogP) is 1.39. The summed E-state index contributed by atoms with van der Waals surface area (Å²) in [4.78, 5) is 15.6. The molecule has 0 bridgehead atoms. The van der Waals surface area contributed by atoms with Gasteiger partial charge in [0.1, 0.15) is 0 Å². The molecule has 0 saturated heterocycles. The molecular formula is C16H23IN6O. The Morgan fingerprint density at radius 2 is 1.96 bits per heavy atom. The predicted molar refractivity (Wildman–Crippen MR) is 105 cm³/mol. The smallest absolute Gasteiger partial charge is 0.248 e. The SMILES string of the molecule is CCNC(=NCc1ccc(C(N)=O)cc1)NCc1ccnn1C.I. The Balaban J connectivity index is 0.00000288. The molecule has 1 amide bonds. The number of aliphatic imine (C=N–C) groups is 1. The third-order valence-corrected chi connectivity index (χ3v) is 3.36. The van der Waals surface area contributed by atoms with E-state index in [2.05, 4.69) is 20.7 Å². The van der Waals surface area contributed by atoms with Crippen LogP contribution in [0.4, 0.5) is 0 Å². The van der Waals surface area contributed by atoms with Crippen molar-refractivity contribution in [3.05, 3.63) is 53.3 Å². The molecule has 2 aromatic rings. The summed E-state index contributed by atoms with van der Waals surface area (Å²) in [5.41, 5.74) is 7.81. The zero-order valence-corrected chi connectivity index (χ0v) is 16.2. The summed E-state index contributed by atoms with van der Waals surface area (Å²) >= 11 is 0. The van der Waals surface area contributed by atoms with Crippen LogP contribution in [0.15, 0.2) is 41.5 Å². The van der Waals surface area contributed by atoms with Gasteiger partial charge in [-0.1, -0.05) is 12.1 Å². The number of aryl methyl sites for hydroxylation is 1. The molecule has 1 aromatic carbocycles. The molecule has 8 heteroatoms. The number of carbonyl (C=O) groups excluding carboxylic acids is 1. The second kappa shape index (κ2) is 9.91. The number of guanidine groups is 1. The number of carbonyl (C=O) groups is 1. The van der Waals surface area contributed by atoms with E-state index >= 15 is 0 Å². The highest BCUT2D eigenvalue weighted by atomic mass is 127. The summed E-state index contributed by atoms with van der Waals surface area (Å²) in [5.74, 6) is 0.305. The molecule has 0 spiro atoms. The average molecular weight is 442 g/mol. The molecule has 7 nitrogen and oxygen atoms in total. The Bertz CT molecular complexity index is 680. The lowest BCUT2D eigenvalue weighted by molar-refractivity contribution is 0.100. The number of nitrogens with zero attached hydrogens (tertiary/aromatic N) is 3. The minimum atomic E-state index is -0.425. The molecule has 0 aliphatic carbocycles. The summed E-state index contributed by atoms with van der Waals surface area (Å²) in [7, 11) is 1.90. The molecule has 1 aromatic heterocycles. The van der Waals surface area contributed by atoms with Crippen molar-refractivity contribution in [3.63, 3.8) is 0 Å². The topological polar surface area (TPSA) is 97.3 Å². The average Bonchev–Trinajstić information content (AvgIpc) is 2.95. The van der Waals surface area contributed by atoms with Crippen LogP contribution in [0.25, 0.3) is 0 Å². The first kappa shape index (κ1) is 19.9. The first-order valence-corrected chi connectivity index (χ1v) is 7.48. The lowest BCUT2D eigenvalue weighted by atomic mass is 10.1. The van der Waals surface area contributed by atoms with Crippen molar-refractivity contribution in [3.8, 4) is 0 Å². The van der Waals surface area contributed by atoms with Crippen LogP contribution in [0.2, 0.25) is 0 Å². The normalized spacial score (nSPS) is 10.8. The molecule has 0 unspecified atom stereocenters. The molecule has 130 valence electrons. The van der Waals surface area contributed by atoms with Crippen molar-refractivity contribution in [2.45, 2.75) is 20.0 Å². The Kier molecular flexibility index (Phi) is 8.24. The number of hydrogen-bond donors (Lipinski definition) is 3. The third kappa shape index (κ3) is 5.84. The number of nitrogens with two attached hydrogens (primary N) is 1. The molecule has 0 saturated carbocycles. The van der Waals surface area contributed by atoms with Crippen molar-refractivity contribution >= 4 is 35.8 Å². The van der Waals surface area contributed by atoms with Crippen LogP contribution in [0.5, 0.6) is 0 Å². The molecule has 0 atom stereocenters. The standard InChI is InChI=1S/C16H22N6O.HI/c1-3-18-16(20-11-14-8-9-21-22(14)2)19-10-12-4-6-13(7-5-12)15(17)23;/h4-9H,3,10-11H2,1-2H3,(H2,17,23)(H2,18,19,20);1H. The van der Waals surface area contributed by atoms with E-state index in [1.165, 1.54) is 0 Å². The largest absolute Gasteiger partial charge is 0.366 e. The van der Waals surface area contributed by atoms with Crippen LogP contribution < -0.4 is 16.4 Å². The van der Waals surface area contributed by atoms with Crippen molar-refractivity contribution < 1.29 is 4.79 Å². The van der Waals surface area contributed by atoms with Gasteiger partial charge in [0.05, 0.1) is 18.8 Å². The van der Waals surface area contributed by atoms with Gasteiger partial charge in [-0.3, -0.25) is 9.48 Å². The summed E-state index contributed by atoms with van der Waals surface area (Å²) in [6.45, 7) is 3.95. The second-order valence-electron chi connectivity index (χ2n) is 5.06. The minimum absolute atomic E-state index is 0. The fraction of sp³-hybridized carbons (Fsp3) is 0.312. The van der Waals surface area contributed by atoms with Crippen molar-refractivity contribution in [1.29, 1.82) is 0 Å². The van der Waals surface area contributed by atoms with E-state index in [1.54, 1.807) is 18.3 Å². The Morgan fingerprint density at radius 3 is 2.50 bits per heavy atom. The number of primary amides is 1. The van der Waals surface area contributed by atoms with E-state index in [4.69, 9.17) is 5.73 Å². The van der Waals surface area contributed by atoms with Crippen LogP contribution in [-0.2, 0) is 20.1 Å². The quantitative estimate of drug-likeness (QED) is 0.358. The number of halogens is 1. The number of aromatic nitrogens is 2. The van der Waals surface area contributed by atoms with E-state index < -0.39 is 5.91 Å². The van der Waals surface area contributed by atoms with Crippen molar-refractivity contribution in [2.24, 2.45) is 17.8 Å². The van der Waals surface area contributed by atoms with Crippen LogP contribution in [0.1, 0.15) is 28.5 Å². The highest BCUT2D eigenvalue weighted by molar-refractivity contribution is 14.0. The Morgan fingerprint density at radius 1 is 1.25 bits per heavy atom. The molecule has 4 N–H and O–H groups in total. The molecule has 0 aliphatic heterocycles. The van der Waals surface area contributed by atoms with E-state index in [0.29, 0.717) is 18.7 Å². The van der Waals surface area contributed by atoms with Gasteiger partial charge >= 0.3 is 0 Å². The first-order valence-electron chi connectivity index (χ1n) is 7.48. The van der Waals surface area contributed by atoms with E-state index in [0.717, 1.165) is 23.8 Å². The second-order valence-corrected chi connectivity index (χ2v) is 5.06. The molecule has 0 aliphatic rings. The van der Waals surface area contributed by atoms with Crippen molar-refractivity contribution in [2.75, 3.05) is 6.54 Å². The van der Waals surface area contributed by atoms with E-state index in [1.807, 2.05) is 36.9 Å². The Labute approximate surface area is 158 Å². The molecule has 24 heavy (non-hydrogen) atoms. The lowest BCUT2D eigenvalue weighted by Gasteiger charge is -2.11. The summed E-state index contributed by atoms with van der Waals surface area (Å²) in [5, 5.41) is 10.6. The van der Waals surface area contributed by atoms with Crippen molar-refractivity contribution in [1.82, 2.24) is 20.4 Å². The maximum Gasteiger partial charge on any atom is 0.248 e. The van der Waals surface area contributed by atoms with Gasteiger partial charge < -0.3 is 16.4 Å². The van der Waals surface area contributed by atoms with Gasteiger partial charge in [-0.25, -0.2) is 4.99 Å². The van der Waals surface area contributed by atoms with Crippen LogP contribution >= 0.6 is 24.0 Å². The van der Waals surface area contributed by atoms with Gasteiger partial charge in [-0.2, -0.15) is 5.10 Å². The van der Waals surface area contributed by atoms with Gasteiger partial charge in [0, 0.05) is 25.4 Å². The summed E-state index contributed by atoms with van der Waals surface area (Å²) in [6, 6.07) is 9.09. The van der Waals surface area contributed by atoms with Gasteiger partial charge in [0.15, 0.2) is 5.96 Å². The highest BCUT2D eigenvalue weighted by Gasteiger charge is 2.02. The molecule has 0 radical (unpaired) electrons. The monoisotopic (exact) mass is 442 g/mol. The molecule has 1 heterocycles. The maximum atomic E-state index is 11.1. The maximum absolute atomic E-state index is 11.1. The number of benzene rings is 1. The molecular weight excluding hydrogens is 419 g/mol. The fourth-order valence-electron chi connectivity index (χ4n) is 2.04. The zero-order valence-electron chi connectivity index (χ0n) is 13.8. The van der Waals surface area contributed by atoms with Gasteiger partial charge in [0.2, 0.25) is 5.91 Å². The number of amides is 1. The lowest BCUT2D eigenvalue weighted by Crippen LogP contribution is -2.37. The summed E-state index contributed by atoms with van der Waals surface area (Å²) < 4.78 is 1.82. The molecule has 2 rings (SSSR count). The van der Waals surface area contributed by atoms with Crippen LogP contribution in [0, 0.1) is 0 Å². The van der Waals surface area contributed by atoms with Gasteiger partial charge in [0.25, 0.3) is 0 Å². The highest BCUT2D eigenvalue weighted by Crippen LogP contribution is 2.05. The van der Waals surface area contributed by atoms with Crippen LogP contribution in [0.3, 0.4) is 0 Å². The number of hydrogen-bond acceptors (Lipinski definition) is 3. The molecule has 0 fully saturated rings. The van der Waals surface area contributed by atoms with E-state index in [9.17, 15) is 4.79 Å². The number of nitrogens with one attached hydrogen (secondary N) is 2. The first-order chi connectivity index (χ1) is 11.1. The minimum Gasteiger partial charge on any atom is -0.366 e. The fourth-order valence-corrected chi connectivity index (χ4v) is 2.04. The zero-order chi connectivity index (χ0) is 16.7. The third-order valence-electron chi connectivity index (χ3n) is 3.36. The van der Waals surface area contributed by atoms with Gasteiger partial charge in [-0.05, 0) is 30.7 Å². The number of rotatable bonds is 6. The Hall–Kier alpha value is -2.10. The van der Waals surface area contributed by atoms with Gasteiger partial charge in [-0.15, -0.1) is 24.0 Å².